The van der Waals surface area contributed by atoms with Gasteiger partial charge in [-0.3, -0.25) is 4.79 Å². The van der Waals surface area contributed by atoms with E-state index in [9.17, 15) is 4.79 Å². The lowest BCUT2D eigenvalue weighted by molar-refractivity contribution is 0.345. The summed E-state index contributed by atoms with van der Waals surface area (Å²) in [4.78, 5) is 12.1. The van der Waals surface area contributed by atoms with Crippen LogP contribution in [-0.2, 0) is 6.42 Å². The number of rotatable bonds is 2. The summed E-state index contributed by atoms with van der Waals surface area (Å²) >= 11 is 0. The Morgan fingerprint density at radius 2 is 2.12 bits per heavy atom. The minimum Gasteiger partial charge on any atom is -0.312 e. The van der Waals surface area contributed by atoms with Crippen molar-refractivity contribution in [3.8, 4) is 6.07 Å². The Bertz CT molecular complexity index is 450. The van der Waals surface area contributed by atoms with Crippen molar-refractivity contribution in [3.05, 3.63) is 34.2 Å². The Morgan fingerprint density at radius 3 is 2.81 bits per heavy atom. The van der Waals surface area contributed by atoms with Crippen molar-refractivity contribution in [2.24, 2.45) is 0 Å². The molecule has 0 spiro atoms. The number of hydrogen-bond acceptors (Lipinski definition) is 2. The standard InChI is InChI=1S/C13H16N2O/c14-9-8-11-5-4-10-15(13(11)16)12-6-2-1-3-7-12/h4-5,10,12H,1-3,6-8H2. The molecule has 0 unspecified atom stereocenters. The maximum absolute atomic E-state index is 12.1. The second-order valence-electron chi connectivity index (χ2n) is 4.37. The Kier molecular flexibility index (Phi) is 3.40. The fourth-order valence-corrected chi connectivity index (χ4v) is 2.42. The van der Waals surface area contributed by atoms with Gasteiger partial charge in [0.25, 0.3) is 5.56 Å². The molecule has 1 fully saturated rings. The smallest absolute Gasteiger partial charge is 0.255 e. The molecule has 1 aromatic heterocycles. The van der Waals surface area contributed by atoms with Crippen LogP contribution in [0.25, 0.3) is 0 Å². The Morgan fingerprint density at radius 1 is 1.38 bits per heavy atom. The first kappa shape index (κ1) is 10.9. The van der Waals surface area contributed by atoms with E-state index in [1.165, 1.54) is 19.3 Å². The largest absolute Gasteiger partial charge is 0.312 e. The topological polar surface area (TPSA) is 45.8 Å². The molecule has 2 rings (SSSR count). The van der Waals surface area contributed by atoms with Crippen LogP contribution in [0.1, 0.15) is 43.7 Å². The van der Waals surface area contributed by atoms with Crippen molar-refractivity contribution in [2.75, 3.05) is 0 Å². The summed E-state index contributed by atoms with van der Waals surface area (Å²) in [6, 6.07) is 6.02. The minimum absolute atomic E-state index is 0.0240. The van der Waals surface area contributed by atoms with Gasteiger partial charge in [-0.05, 0) is 18.9 Å². The molecule has 0 saturated heterocycles. The number of nitrogens with zero attached hydrogens (tertiary/aromatic N) is 2. The van der Waals surface area contributed by atoms with Gasteiger partial charge in [0.2, 0.25) is 0 Å². The fourth-order valence-electron chi connectivity index (χ4n) is 2.42. The Hall–Kier alpha value is -1.56. The molecular weight excluding hydrogens is 200 g/mol. The number of nitriles is 1. The lowest BCUT2D eigenvalue weighted by Crippen LogP contribution is -2.28. The lowest BCUT2D eigenvalue weighted by atomic mass is 9.95. The first-order valence-corrected chi connectivity index (χ1v) is 5.90. The second-order valence-corrected chi connectivity index (χ2v) is 4.37. The molecule has 1 heterocycles. The van der Waals surface area contributed by atoms with Crippen LogP contribution in [0, 0.1) is 11.3 Å². The summed E-state index contributed by atoms with van der Waals surface area (Å²) in [5.41, 5.74) is 0.645. The van der Waals surface area contributed by atoms with Crippen LogP contribution in [0.5, 0.6) is 0 Å². The van der Waals surface area contributed by atoms with Gasteiger partial charge in [0.15, 0.2) is 0 Å². The van der Waals surface area contributed by atoms with Crippen LogP contribution in [-0.4, -0.2) is 4.57 Å². The summed E-state index contributed by atoms with van der Waals surface area (Å²) < 4.78 is 1.83. The zero-order chi connectivity index (χ0) is 11.4. The molecular formula is C13H16N2O. The van der Waals surface area contributed by atoms with Gasteiger partial charge in [0.05, 0.1) is 12.5 Å². The number of pyridine rings is 1. The van der Waals surface area contributed by atoms with Crippen LogP contribution in [0.3, 0.4) is 0 Å². The van der Waals surface area contributed by atoms with Gasteiger partial charge in [-0.25, -0.2) is 0 Å². The monoisotopic (exact) mass is 216 g/mol. The summed E-state index contributed by atoms with van der Waals surface area (Å²) in [6.07, 6.45) is 7.96. The van der Waals surface area contributed by atoms with E-state index < -0.39 is 0 Å². The van der Waals surface area contributed by atoms with Crippen LogP contribution in [0.2, 0.25) is 0 Å². The molecule has 0 radical (unpaired) electrons. The summed E-state index contributed by atoms with van der Waals surface area (Å²) in [5, 5.41) is 8.65. The summed E-state index contributed by atoms with van der Waals surface area (Å²) in [5.74, 6) is 0. The summed E-state index contributed by atoms with van der Waals surface area (Å²) in [7, 11) is 0. The van der Waals surface area contributed by atoms with E-state index in [1.54, 1.807) is 6.07 Å². The van der Waals surface area contributed by atoms with Gasteiger partial charge in [-0.15, -0.1) is 0 Å². The molecule has 1 saturated carbocycles. The van der Waals surface area contributed by atoms with Crippen LogP contribution in [0.15, 0.2) is 23.1 Å². The average molecular weight is 216 g/mol. The Labute approximate surface area is 95.3 Å². The van der Waals surface area contributed by atoms with Crippen LogP contribution in [0.4, 0.5) is 0 Å². The molecule has 0 atom stereocenters. The molecule has 0 aromatic carbocycles. The predicted octanol–water partition coefficient (Wildman–Crippen LogP) is 2.42. The third-order valence-corrected chi connectivity index (χ3v) is 3.29. The van der Waals surface area contributed by atoms with Crippen molar-refractivity contribution >= 4 is 0 Å². The van der Waals surface area contributed by atoms with E-state index in [2.05, 4.69) is 0 Å². The highest BCUT2D eigenvalue weighted by atomic mass is 16.1. The molecule has 0 aliphatic heterocycles. The van der Waals surface area contributed by atoms with E-state index in [1.807, 2.05) is 22.9 Å². The van der Waals surface area contributed by atoms with Gasteiger partial charge in [-0.2, -0.15) is 5.26 Å². The molecule has 3 heteroatoms. The van der Waals surface area contributed by atoms with Gasteiger partial charge in [0.1, 0.15) is 0 Å². The van der Waals surface area contributed by atoms with E-state index in [-0.39, 0.29) is 12.0 Å². The number of aromatic nitrogens is 1. The fraction of sp³-hybridized carbons (Fsp3) is 0.538. The zero-order valence-electron chi connectivity index (χ0n) is 9.35. The van der Waals surface area contributed by atoms with Crippen molar-refractivity contribution in [2.45, 2.75) is 44.6 Å². The third kappa shape index (κ3) is 2.16. The molecule has 84 valence electrons. The molecule has 1 aliphatic rings. The van der Waals surface area contributed by atoms with Crippen molar-refractivity contribution in [1.29, 1.82) is 5.26 Å². The first-order valence-electron chi connectivity index (χ1n) is 5.90. The second kappa shape index (κ2) is 4.98. The van der Waals surface area contributed by atoms with E-state index in [0.29, 0.717) is 11.6 Å². The van der Waals surface area contributed by atoms with Gasteiger partial charge < -0.3 is 4.57 Å². The predicted molar refractivity (Wildman–Crippen MR) is 62.1 cm³/mol. The van der Waals surface area contributed by atoms with E-state index in [0.717, 1.165) is 12.8 Å². The summed E-state index contributed by atoms with van der Waals surface area (Å²) in [6.45, 7) is 0. The van der Waals surface area contributed by atoms with Gasteiger partial charge >= 0.3 is 0 Å². The van der Waals surface area contributed by atoms with E-state index in [4.69, 9.17) is 5.26 Å². The van der Waals surface area contributed by atoms with Crippen LogP contribution >= 0.6 is 0 Å². The van der Waals surface area contributed by atoms with Crippen molar-refractivity contribution in [3.63, 3.8) is 0 Å². The highest BCUT2D eigenvalue weighted by Gasteiger charge is 2.16. The highest BCUT2D eigenvalue weighted by Crippen LogP contribution is 2.26. The molecule has 0 N–H and O–H groups in total. The molecule has 16 heavy (non-hydrogen) atoms. The Balaban J connectivity index is 2.30. The van der Waals surface area contributed by atoms with Crippen molar-refractivity contribution < 1.29 is 0 Å². The van der Waals surface area contributed by atoms with Crippen molar-refractivity contribution in [1.82, 2.24) is 4.57 Å². The first-order chi connectivity index (χ1) is 7.83. The maximum Gasteiger partial charge on any atom is 0.255 e. The van der Waals surface area contributed by atoms with E-state index >= 15 is 0 Å². The third-order valence-electron chi connectivity index (χ3n) is 3.29. The molecule has 3 nitrogen and oxygen atoms in total. The quantitative estimate of drug-likeness (QED) is 0.762. The highest BCUT2D eigenvalue weighted by molar-refractivity contribution is 5.15. The SMILES string of the molecule is N#CCc1cccn(C2CCCCC2)c1=O. The zero-order valence-corrected chi connectivity index (χ0v) is 9.35. The minimum atomic E-state index is 0.0240. The number of hydrogen-bond donors (Lipinski definition) is 0. The van der Waals surface area contributed by atoms with Crippen LogP contribution < -0.4 is 5.56 Å². The lowest BCUT2D eigenvalue weighted by Gasteiger charge is -2.24. The van der Waals surface area contributed by atoms with Gasteiger partial charge in [0, 0.05) is 17.8 Å². The molecule has 0 bridgehead atoms. The average Bonchev–Trinajstić information content (AvgIpc) is 2.33. The van der Waals surface area contributed by atoms with Gasteiger partial charge in [-0.1, -0.05) is 25.3 Å². The molecule has 1 aliphatic carbocycles. The molecule has 0 amide bonds. The maximum atomic E-state index is 12.1. The normalized spacial score (nSPS) is 16.9. The molecule has 1 aromatic rings.